The normalized spacial score (nSPS) is 14.6. The first-order chi connectivity index (χ1) is 31.6. The lowest BCUT2D eigenvalue weighted by atomic mass is 9.76. The van der Waals surface area contributed by atoms with Crippen LogP contribution in [-0.4, -0.2) is 116 Å². The highest BCUT2D eigenvalue weighted by atomic mass is 32.2. The molecule has 384 valence electrons. The van der Waals surface area contributed by atoms with Crippen molar-refractivity contribution in [2.75, 3.05) is 26.0 Å². The first-order valence-corrected chi connectivity index (χ1v) is 24.4. The molecule has 20 heteroatoms. The smallest absolute Gasteiger partial charge is 0.410 e. The van der Waals surface area contributed by atoms with Gasteiger partial charge in [0.15, 0.2) is 0 Å². The van der Waals surface area contributed by atoms with Crippen molar-refractivity contribution >= 4 is 57.4 Å². The third-order valence-corrected chi connectivity index (χ3v) is 12.8. The monoisotopic (exact) mass is 984 g/mol. The number of sulfonamides is 1. The van der Waals surface area contributed by atoms with Crippen LogP contribution >= 0.6 is 0 Å². The van der Waals surface area contributed by atoms with E-state index in [-0.39, 0.29) is 47.4 Å². The van der Waals surface area contributed by atoms with Gasteiger partial charge >= 0.3 is 12.1 Å². The molecule has 19 nitrogen and oxygen atoms in total. The number of carbonyl (C=O) groups excluding carboxylic acids is 7. The number of hydrogen-bond donors (Lipinski definition) is 7. The fourth-order valence-electron chi connectivity index (χ4n) is 7.32. The van der Waals surface area contributed by atoms with Crippen molar-refractivity contribution in [3.8, 4) is 0 Å². The topological polar surface area (TPSA) is 282 Å². The standard InChI is InChI=1S/C49H77N9O10S/c1-29(2)36(57(14)44(63)38(47(6,7)8)55-43(62)39(58(15)46(65)68-48(9,10)11)49(12,13)32-20-17-16-18-21-32)28-31(5)40(59)56-69(66,67)34-25-23-33(24-26-34)53-41(60)35(22-19-27-52-45(51)64)54-42(61)37(50)30(3)4/h16-18,20-21,23-26,28-30,35-39H,19,22,27,50H2,1-15H3,(H,53,60)(H,54,61)(H,55,62)(H,56,59)(H3,51,52,64). The fraction of sp³-hybridized carbons (Fsp3) is 0.571. The molecule has 9 N–H and O–H groups in total. The molecule has 5 unspecified atom stereocenters. The summed E-state index contributed by atoms with van der Waals surface area (Å²) in [7, 11) is -1.44. The Bertz CT molecular complexity index is 2270. The molecule has 0 aromatic heterocycles. The van der Waals surface area contributed by atoms with Crippen molar-refractivity contribution in [1.82, 2.24) is 30.5 Å². The molecule has 0 aliphatic rings. The van der Waals surface area contributed by atoms with Crippen molar-refractivity contribution in [2.45, 2.75) is 149 Å². The maximum atomic E-state index is 14.6. The Morgan fingerprint density at radius 1 is 0.768 bits per heavy atom. The summed E-state index contributed by atoms with van der Waals surface area (Å²) in [6.45, 7) is 22.9. The molecule has 2 aromatic carbocycles. The number of nitrogens with two attached hydrogens (primary N) is 2. The van der Waals surface area contributed by atoms with E-state index in [0.717, 1.165) is 5.56 Å². The zero-order valence-electron chi connectivity index (χ0n) is 43.0. The third-order valence-electron chi connectivity index (χ3n) is 11.5. The number of ether oxygens (including phenoxy) is 1. The zero-order valence-corrected chi connectivity index (χ0v) is 43.8. The number of urea groups is 1. The molecule has 0 aliphatic carbocycles. The second-order valence-corrected chi connectivity index (χ2v) is 22.3. The number of rotatable bonds is 21. The van der Waals surface area contributed by atoms with Crippen molar-refractivity contribution < 1.29 is 46.7 Å². The molecule has 0 spiro atoms. The van der Waals surface area contributed by atoms with Crippen LogP contribution in [0.1, 0.15) is 108 Å². The highest BCUT2D eigenvalue weighted by molar-refractivity contribution is 7.90. The first-order valence-electron chi connectivity index (χ1n) is 23.0. The maximum Gasteiger partial charge on any atom is 0.410 e. The number of nitrogens with one attached hydrogen (secondary N) is 5. The van der Waals surface area contributed by atoms with E-state index in [1.807, 2.05) is 58.0 Å². The minimum absolute atomic E-state index is 0.0166. The summed E-state index contributed by atoms with van der Waals surface area (Å²) in [4.78, 5) is 95.7. The number of nitrogens with zero attached hydrogens (tertiary/aromatic N) is 2. The van der Waals surface area contributed by atoms with Crippen molar-refractivity contribution in [3.63, 3.8) is 0 Å². The largest absolute Gasteiger partial charge is 0.444 e. The van der Waals surface area contributed by atoms with E-state index in [1.54, 1.807) is 55.4 Å². The number of carbonyl (C=O) groups is 7. The van der Waals surface area contributed by atoms with Crippen molar-refractivity contribution in [2.24, 2.45) is 28.7 Å². The van der Waals surface area contributed by atoms with Gasteiger partial charge in [-0.2, -0.15) is 0 Å². The lowest BCUT2D eigenvalue weighted by Crippen LogP contribution is -2.63. The molecule has 0 heterocycles. The summed E-state index contributed by atoms with van der Waals surface area (Å²) in [5.74, 6) is -3.74. The van der Waals surface area contributed by atoms with Crippen LogP contribution in [0.25, 0.3) is 0 Å². The third kappa shape index (κ3) is 17.5. The number of primary amides is 1. The Kier molecular flexibility index (Phi) is 21.0. The van der Waals surface area contributed by atoms with Gasteiger partial charge in [-0.05, 0) is 87.6 Å². The van der Waals surface area contributed by atoms with Gasteiger partial charge in [0, 0.05) is 37.3 Å². The molecule has 0 saturated carbocycles. The molecule has 0 saturated heterocycles. The molecular formula is C49H77N9O10S. The van der Waals surface area contributed by atoms with Gasteiger partial charge < -0.3 is 42.4 Å². The van der Waals surface area contributed by atoms with Crippen molar-refractivity contribution in [1.29, 1.82) is 0 Å². The van der Waals surface area contributed by atoms with Crippen LogP contribution in [0.5, 0.6) is 0 Å². The van der Waals surface area contributed by atoms with Gasteiger partial charge in [0.1, 0.15) is 23.7 Å². The number of hydrogen-bond acceptors (Lipinski definition) is 11. The van der Waals surface area contributed by atoms with E-state index < -0.39 is 98.3 Å². The Morgan fingerprint density at radius 2 is 1.33 bits per heavy atom. The van der Waals surface area contributed by atoms with E-state index in [4.69, 9.17) is 16.2 Å². The second-order valence-electron chi connectivity index (χ2n) is 20.6. The lowest BCUT2D eigenvalue weighted by molar-refractivity contribution is -0.141. The maximum absolute atomic E-state index is 14.6. The van der Waals surface area contributed by atoms with Gasteiger partial charge in [0.2, 0.25) is 23.6 Å². The van der Waals surface area contributed by atoms with Crippen LogP contribution < -0.4 is 37.5 Å². The predicted molar refractivity (Wildman–Crippen MR) is 266 cm³/mol. The zero-order chi connectivity index (χ0) is 53.0. The number of likely N-dealkylation sites (N-methyl/N-ethyl adjacent to an activating group) is 2. The van der Waals surface area contributed by atoms with Gasteiger partial charge in [-0.15, -0.1) is 0 Å². The van der Waals surface area contributed by atoms with Crippen LogP contribution in [0.2, 0.25) is 0 Å². The molecule has 8 amide bonds. The highest BCUT2D eigenvalue weighted by Gasteiger charge is 2.46. The highest BCUT2D eigenvalue weighted by Crippen LogP contribution is 2.32. The average Bonchev–Trinajstić information content (AvgIpc) is 3.23. The molecule has 0 radical (unpaired) electrons. The SMILES string of the molecule is CC(=CC(C(C)C)N(C)C(=O)C(NC(=O)C(N(C)C(=O)OC(C)(C)C)C(C)(C)c1ccccc1)C(C)(C)C)C(=O)NS(=O)(=O)c1ccc(NC(=O)C(CCCNC(N)=O)NC(=O)C(N)C(C)C)cc1. The molecule has 0 aliphatic heterocycles. The average molecular weight is 984 g/mol. The number of anilines is 1. The molecule has 69 heavy (non-hydrogen) atoms. The number of benzene rings is 2. The molecule has 2 rings (SSSR count). The first kappa shape index (κ1) is 59.1. The molecule has 5 atom stereocenters. The summed E-state index contributed by atoms with van der Waals surface area (Å²) in [6, 6.07) is 8.50. The van der Waals surface area contributed by atoms with E-state index in [0.29, 0.717) is 0 Å². The Hall–Kier alpha value is -6.02. The summed E-state index contributed by atoms with van der Waals surface area (Å²) >= 11 is 0. The summed E-state index contributed by atoms with van der Waals surface area (Å²) in [6.07, 6.45) is 1.16. The summed E-state index contributed by atoms with van der Waals surface area (Å²) < 4.78 is 34.7. The Balaban J connectivity index is 2.36. The fourth-order valence-corrected chi connectivity index (χ4v) is 8.34. The summed E-state index contributed by atoms with van der Waals surface area (Å²) in [5.41, 5.74) is 9.36. The molecule has 0 bridgehead atoms. The minimum Gasteiger partial charge on any atom is -0.444 e. The van der Waals surface area contributed by atoms with Gasteiger partial charge in [-0.1, -0.05) is 98.7 Å². The Labute approximate surface area is 408 Å². The molecule has 2 aromatic rings. The van der Waals surface area contributed by atoms with E-state index in [1.165, 1.54) is 61.2 Å². The van der Waals surface area contributed by atoms with Crippen molar-refractivity contribution in [3.05, 3.63) is 71.8 Å². The van der Waals surface area contributed by atoms with Gasteiger partial charge in [-0.3, -0.25) is 28.9 Å². The predicted octanol–water partition coefficient (Wildman–Crippen LogP) is 4.52. The summed E-state index contributed by atoms with van der Waals surface area (Å²) in [5, 5.41) is 10.7. The van der Waals surface area contributed by atoms with E-state index in [9.17, 15) is 42.0 Å². The number of amides is 8. The van der Waals surface area contributed by atoms with E-state index in [2.05, 4.69) is 26.0 Å². The lowest BCUT2D eigenvalue weighted by Gasteiger charge is -2.42. The van der Waals surface area contributed by atoms with Crippen LogP contribution in [-0.2, 0) is 44.1 Å². The second kappa shape index (κ2) is 24.5. The quantitative estimate of drug-likeness (QED) is 0.0675. The minimum atomic E-state index is -4.46. The molecule has 0 fully saturated rings. The Morgan fingerprint density at radius 3 is 1.83 bits per heavy atom. The van der Waals surface area contributed by atoms with Gasteiger partial charge in [0.25, 0.3) is 15.9 Å². The van der Waals surface area contributed by atoms with E-state index >= 15 is 0 Å². The van der Waals surface area contributed by atoms with Gasteiger partial charge in [-0.25, -0.2) is 22.7 Å². The van der Waals surface area contributed by atoms with Gasteiger partial charge in [0.05, 0.1) is 17.0 Å². The van der Waals surface area contributed by atoms with Crippen LogP contribution in [0, 0.1) is 17.3 Å². The van der Waals surface area contributed by atoms with Crippen LogP contribution in [0.4, 0.5) is 15.3 Å². The van der Waals surface area contributed by atoms with Crippen LogP contribution in [0.3, 0.4) is 0 Å². The van der Waals surface area contributed by atoms with Crippen LogP contribution in [0.15, 0.2) is 71.1 Å². The molecular weight excluding hydrogens is 907 g/mol.